The minimum atomic E-state index is -0.502. The molecule has 28 heavy (non-hydrogen) atoms. The molecular weight excluding hydrogens is 352 g/mol. The molecule has 0 amide bonds. The third-order valence-electron chi connectivity index (χ3n) is 7.18. The van der Waals surface area contributed by atoms with Crippen LogP contribution >= 0.6 is 0 Å². The van der Waals surface area contributed by atoms with E-state index in [0.717, 1.165) is 31.9 Å². The van der Waals surface area contributed by atoms with Gasteiger partial charge in [-0.15, -0.1) is 0 Å². The number of carbonyl (C=O) groups is 1. The van der Waals surface area contributed by atoms with Crippen LogP contribution in [0.2, 0.25) is 0 Å². The normalized spacial score (nSPS) is 33.7. The minimum Gasteiger partial charge on any atom is -0.515 e. The summed E-state index contributed by atoms with van der Waals surface area (Å²) in [6.07, 6.45) is 16.2. The number of methoxy groups -OCH3 is 1. The summed E-state index contributed by atoms with van der Waals surface area (Å²) in [4.78, 5) is 13.2. The first kappa shape index (κ1) is 23.2. The molecule has 0 heterocycles. The average molecular weight is 393 g/mol. The maximum atomic E-state index is 13.2. The van der Waals surface area contributed by atoms with E-state index in [4.69, 9.17) is 9.47 Å². The summed E-state index contributed by atoms with van der Waals surface area (Å²) in [5, 5.41) is 9.31. The lowest BCUT2D eigenvalue weighted by molar-refractivity contribution is -0.145. The Balaban J connectivity index is 2.27. The third kappa shape index (κ3) is 5.07. The Morgan fingerprint density at radius 3 is 2.75 bits per heavy atom. The number of carbonyl (C=O) groups excluding carboxylic acids is 1. The zero-order valence-electron chi connectivity index (χ0n) is 18.2. The van der Waals surface area contributed by atoms with E-state index in [1.54, 1.807) is 7.11 Å². The van der Waals surface area contributed by atoms with Crippen LogP contribution in [0, 0.1) is 29.1 Å². The second-order valence-electron chi connectivity index (χ2n) is 8.93. The molecule has 2 rings (SSSR count). The molecule has 0 radical (unpaired) electrons. The summed E-state index contributed by atoms with van der Waals surface area (Å²) >= 11 is 0. The molecule has 0 aliphatic heterocycles. The van der Waals surface area contributed by atoms with Crippen LogP contribution in [0.4, 0.5) is 0 Å². The zero-order chi connectivity index (χ0) is 20.6. The number of ether oxygens (including phenoxy) is 2. The first-order valence-electron chi connectivity index (χ1n) is 11.1. The van der Waals surface area contributed by atoms with Crippen molar-refractivity contribution in [3.63, 3.8) is 0 Å². The number of rotatable bonds is 11. The fraction of sp³-hybridized carbons (Fsp3) is 0.792. The summed E-state index contributed by atoms with van der Waals surface area (Å²) in [5.41, 5.74) is -0.502. The number of unbranched alkanes of at least 4 members (excludes halogenated alkanes) is 3. The third-order valence-corrected chi connectivity index (χ3v) is 7.18. The van der Waals surface area contributed by atoms with E-state index >= 15 is 0 Å². The summed E-state index contributed by atoms with van der Waals surface area (Å²) in [5.74, 6) is 1.15. The molecule has 4 heteroatoms. The van der Waals surface area contributed by atoms with Crippen LogP contribution in [0.1, 0.15) is 72.1 Å². The van der Waals surface area contributed by atoms with Crippen molar-refractivity contribution in [1.82, 2.24) is 0 Å². The number of ketones is 1. The van der Waals surface area contributed by atoms with E-state index in [2.05, 4.69) is 32.9 Å². The number of hydrogen-bond donors (Lipinski definition) is 1. The molecule has 2 aliphatic rings. The molecule has 0 aromatic rings. The molecule has 1 unspecified atom stereocenters. The average Bonchev–Trinajstić information content (AvgIpc) is 2.70. The number of hydrogen-bond acceptors (Lipinski definition) is 4. The van der Waals surface area contributed by atoms with Crippen molar-refractivity contribution in [3.05, 3.63) is 24.5 Å². The molecule has 0 saturated heterocycles. The largest absolute Gasteiger partial charge is 0.515 e. The Morgan fingerprint density at radius 2 is 2.07 bits per heavy atom. The first-order valence-corrected chi connectivity index (χ1v) is 11.1. The van der Waals surface area contributed by atoms with Gasteiger partial charge < -0.3 is 14.6 Å². The van der Waals surface area contributed by atoms with Gasteiger partial charge >= 0.3 is 0 Å². The van der Waals surface area contributed by atoms with Gasteiger partial charge in [-0.2, -0.15) is 0 Å². The Hall–Kier alpha value is -1.13. The minimum absolute atomic E-state index is 0.0483. The van der Waals surface area contributed by atoms with E-state index in [0.29, 0.717) is 12.7 Å². The summed E-state index contributed by atoms with van der Waals surface area (Å²) in [6.45, 7) is 6.94. The predicted octanol–water partition coefficient (Wildman–Crippen LogP) is 5.83. The predicted molar refractivity (Wildman–Crippen MR) is 113 cm³/mol. The van der Waals surface area contributed by atoms with Crippen molar-refractivity contribution in [1.29, 1.82) is 0 Å². The lowest BCUT2D eigenvalue weighted by Gasteiger charge is -2.52. The summed E-state index contributed by atoms with van der Waals surface area (Å²) < 4.78 is 11.1. The molecule has 1 saturated carbocycles. The molecule has 1 N–H and O–H groups in total. The molecule has 4 nitrogen and oxygen atoms in total. The maximum Gasteiger partial charge on any atom is 0.165 e. The molecule has 6 atom stereocenters. The van der Waals surface area contributed by atoms with Crippen molar-refractivity contribution >= 4 is 5.78 Å². The van der Waals surface area contributed by atoms with Gasteiger partial charge in [-0.25, -0.2) is 0 Å². The molecule has 160 valence electrons. The maximum absolute atomic E-state index is 13.2. The molecule has 0 aromatic carbocycles. The standard InChI is InChI=1S/C24H40O4/c1-5-6-7-8-10-18(2)20-14-13-19-21(24(20,3)23(26)15-16-25)11-9-12-22(19)28-17-27-4/h13-16,18-22,25H,5-12,17H2,1-4H3/b16-15-/t18-,19+,20?,21-,22-,24-/m1/s1. The van der Waals surface area contributed by atoms with Crippen LogP contribution in [-0.4, -0.2) is 30.9 Å². The van der Waals surface area contributed by atoms with Crippen molar-refractivity contribution in [2.45, 2.75) is 78.2 Å². The Bertz CT molecular complexity index is 541. The van der Waals surface area contributed by atoms with Gasteiger partial charge in [0.2, 0.25) is 0 Å². The van der Waals surface area contributed by atoms with Gasteiger partial charge in [0.25, 0.3) is 0 Å². The van der Waals surface area contributed by atoms with E-state index in [9.17, 15) is 9.90 Å². The van der Waals surface area contributed by atoms with E-state index in [1.165, 1.54) is 31.8 Å². The molecular formula is C24H40O4. The van der Waals surface area contributed by atoms with E-state index in [1.807, 2.05) is 0 Å². The van der Waals surface area contributed by atoms with Gasteiger partial charge in [-0.3, -0.25) is 4.79 Å². The highest BCUT2D eigenvalue weighted by Crippen LogP contribution is 2.54. The Morgan fingerprint density at radius 1 is 1.29 bits per heavy atom. The highest BCUT2D eigenvalue weighted by atomic mass is 16.7. The topological polar surface area (TPSA) is 55.8 Å². The molecule has 0 bridgehead atoms. The number of fused-ring (bicyclic) bond motifs is 1. The molecule has 2 aliphatic carbocycles. The Kier molecular flexibility index (Phi) is 9.23. The summed E-state index contributed by atoms with van der Waals surface area (Å²) in [7, 11) is 1.65. The van der Waals surface area contributed by atoms with Gasteiger partial charge in [-0.1, -0.05) is 71.4 Å². The number of aliphatic hydroxyl groups excluding tert-OH is 1. The monoisotopic (exact) mass is 392 g/mol. The fourth-order valence-electron chi connectivity index (χ4n) is 5.63. The van der Waals surface area contributed by atoms with E-state index in [-0.39, 0.29) is 29.6 Å². The van der Waals surface area contributed by atoms with Crippen LogP contribution < -0.4 is 0 Å². The van der Waals surface area contributed by atoms with Crippen LogP contribution in [0.15, 0.2) is 24.5 Å². The van der Waals surface area contributed by atoms with Crippen LogP contribution in [0.25, 0.3) is 0 Å². The van der Waals surface area contributed by atoms with Gasteiger partial charge in [-0.05, 0) is 30.6 Å². The lowest BCUT2D eigenvalue weighted by Crippen LogP contribution is -2.52. The second kappa shape index (κ2) is 11.2. The fourth-order valence-corrected chi connectivity index (χ4v) is 5.63. The molecule has 0 spiro atoms. The quantitative estimate of drug-likeness (QED) is 0.158. The second-order valence-corrected chi connectivity index (χ2v) is 8.93. The molecule has 0 aromatic heterocycles. The smallest absolute Gasteiger partial charge is 0.165 e. The van der Waals surface area contributed by atoms with Crippen molar-refractivity contribution in [2.75, 3.05) is 13.9 Å². The SMILES string of the molecule is CCCCCC[C@@H](C)C1C=C[C@H]2[C@@H](CCC[C@H]2OCOC)[C@]1(C)C(=O)/C=C\O. The van der Waals surface area contributed by atoms with Crippen LogP contribution in [0.3, 0.4) is 0 Å². The summed E-state index contributed by atoms with van der Waals surface area (Å²) in [6, 6.07) is 0. The lowest BCUT2D eigenvalue weighted by atomic mass is 9.52. The van der Waals surface area contributed by atoms with Crippen molar-refractivity contribution in [3.8, 4) is 0 Å². The Labute approximate surface area is 171 Å². The molecule has 1 fully saturated rings. The number of allylic oxidation sites excluding steroid dienone is 2. The van der Waals surface area contributed by atoms with Crippen LogP contribution in [0.5, 0.6) is 0 Å². The van der Waals surface area contributed by atoms with Gasteiger partial charge in [0.05, 0.1) is 12.4 Å². The van der Waals surface area contributed by atoms with Crippen LogP contribution in [-0.2, 0) is 14.3 Å². The van der Waals surface area contributed by atoms with Gasteiger partial charge in [0.15, 0.2) is 5.78 Å². The van der Waals surface area contributed by atoms with Gasteiger partial charge in [0.1, 0.15) is 6.79 Å². The van der Waals surface area contributed by atoms with Crippen molar-refractivity contribution < 1.29 is 19.4 Å². The number of aliphatic hydroxyl groups is 1. The first-order chi connectivity index (χ1) is 13.5. The van der Waals surface area contributed by atoms with Gasteiger partial charge in [0, 0.05) is 24.5 Å². The van der Waals surface area contributed by atoms with E-state index < -0.39 is 5.41 Å². The highest BCUT2D eigenvalue weighted by molar-refractivity contribution is 5.95. The highest BCUT2D eigenvalue weighted by Gasteiger charge is 2.53. The van der Waals surface area contributed by atoms with Crippen molar-refractivity contribution in [2.24, 2.45) is 29.1 Å². The zero-order valence-corrected chi connectivity index (χ0v) is 18.2.